The third-order valence-electron chi connectivity index (χ3n) is 2.61. The molecule has 0 saturated heterocycles. The van der Waals surface area contributed by atoms with Crippen molar-refractivity contribution < 1.29 is 14.3 Å². The topological polar surface area (TPSA) is 49.3 Å². The summed E-state index contributed by atoms with van der Waals surface area (Å²) in [4.78, 5) is 10.2. The Morgan fingerprint density at radius 1 is 1.17 bits per heavy atom. The third kappa shape index (κ3) is 2.66. The summed E-state index contributed by atoms with van der Waals surface area (Å²) in [6.07, 6.45) is 0.639. The predicted molar refractivity (Wildman–Crippen MR) is 66.4 cm³/mol. The molecule has 0 aliphatic heterocycles. The van der Waals surface area contributed by atoms with Gasteiger partial charge in [0, 0.05) is 18.2 Å². The van der Waals surface area contributed by atoms with E-state index in [1.54, 1.807) is 0 Å². The van der Waals surface area contributed by atoms with Gasteiger partial charge in [-0.05, 0) is 23.3 Å². The van der Waals surface area contributed by atoms with E-state index >= 15 is 0 Å². The van der Waals surface area contributed by atoms with Crippen LogP contribution in [-0.2, 0) is 11.3 Å². The van der Waals surface area contributed by atoms with Crippen LogP contribution in [0.15, 0.2) is 42.5 Å². The molecule has 2 rings (SSSR count). The van der Waals surface area contributed by atoms with E-state index in [0.29, 0.717) is 18.5 Å². The number of amides is 1. The van der Waals surface area contributed by atoms with E-state index in [1.807, 2.05) is 24.3 Å². The molecule has 92 valence electrons. The lowest BCUT2D eigenvalue weighted by atomic mass is 10.0. The van der Waals surface area contributed by atoms with Crippen molar-refractivity contribution in [2.45, 2.75) is 6.54 Å². The zero-order valence-electron chi connectivity index (χ0n) is 9.56. The summed E-state index contributed by atoms with van der Waals surface area (Å²) in [5.74, 6) is -0.559. The summed E-state index contributed by atoms with van der Waals surface area (Å²) >= 11 is 0. The molecule has 0 spiro atoms. The SMILES string of the molecule is O=CNCc1ccc(-c2ccc(F)cc2O)cc1. The molecule has 0 radical (unpaired) electrons. The number of phenolic OH excluding ortho intramolecular Hbond substituents is 1. The summed E-state index contributed by atoms with van der Waals surface area (Å²) in [5, 5.41) is 12.2. The highest BCUT2D eigenvalue weighted by molar-refractivity contribution is 5.70. The number of hydrogen-bond donors (Lipinski definition) is 2. The molecule has 0 heterocycles. The van der Waals surface area contributed by atoms with Crippen LogP contribution in [-0.4, -0.2) is 11.5 Å². The Labute approximate surface area is 104 Å². The van der Waals surface area contributed by atoms with Gasteiger partial charge in [-0.15, -0.1) is 0 Å². The fourth-order valence-electron chi connectivity index (χ4n) is 1.71. The molecule has 0 aliphatic carbocycles. The van der Waals surface area contributed by atoms with Crippen molar-refractivity contribution in [2.75, 3.05) is 0 Å². The minimum Gasteiger partial charge on any atom is -0.507 e. The number of phenols is 1. The van der Waals surface area contributed by atoms with Crippen molar-refractivity contribution >= 4 is 6.41 Å². The fourth-order valence-corrected chi connectivity index (χ4v) is 1.71. The minimum absolute atomic E-state index is 0.0891. The average Bonchev–Trinajstić information content (AvgIpc) is 2.37. The van der Waals surface area contributed by atoms with E-state index in [9.17, 15) is 14.3 Å². The first-order chi connectivity index (χ1) is 8.70. The van der Waals surface area contributed by atoms with Crippen LogP contribution >= 0.6 is 0 Å². The van der Waals surface area contributed by atoms with E-state index in [4.69, 9.17) is 0 Å². The molecule has 0 unspecified atom stereocenters. The molecule has 0 aliphatic rings. The molecule has 2 aromatic rings. The Morgan fingerprint density at radius 2 is 1.89 bits per heavy atom. The molecule has 0 fully saturated rings. The van der Waals surface area contributed by atoms with E-state index < -0.39 is 5.82 Å². The van der Waals surface area contributed by atoms with Gasteiger partial charge in [-0.1, -0.05) is 24.3 Å². The lowest BCUT2D eigenvalue weighted by molar-refractivity contribution is -0.109. The lowest BCUT2D eigenvalue weighted by Gasteiger charge is -2.06. The number of nitrogens with one attached hydrogen (secondary N) is 1. The molecule has 0 aromatic heterocycles. The highest BCUT2D eigenvalue weighted by Gasteiger charge is 2.05. The first kappa shape index (κ1) is 12.1. The highest BCUT2D eigenvalue weighted by atomic mass is 19.1. The van der Waals surface area contributed by atoms with Gasteiger partial charge in [-0.3, -0.25) is 4.79 Å². The summed E-state index contributed by atoms with van der Waals surface area (Å²) in [6, 6.07) is 11.2. The number of carbonyl (C=O) groups excluding carboxylic acids is 1. The van der Waals surface area contributed by atoms with Gasteiger partial charge in [0.05, 0.1) is 0 Å². The van der Waals surface area contributed by atoms with Crippen molar-refractivity contribution in [1.29, 1.82) is 0 Å². The molecular formula is C14H12FNO2. The van der Waals surface area contributed by atoms with E-state index in [0.717, 1.165) is 17.2 Å². The molecule has 0 saturated carbocycles. The van der Waals surface area contributed by atoms with Gasteiger partial charge in [-0.25, -0.2) is 4.39 Å². The fraction of sp³-hybridized carbons (Fsp3) is 0.0714. The van der Waals surface area contributed by atoms with Crippen molar-refractivity contribution in [3.05, 3.63) is 53.8 Å². The Bertz CT molecular complexity index is 552. The molecule has 0 atom stereocenters. The van der Waals surface area contributed by atoms with Crippen LogP contribution in [0.5, 0.6) is 5.75 Å². The maximum Gasteiger partial charge on any atom is 0.207 e. The van der Waals surface area contributed by atoms with Crippen LogP contribution in [0.1, 0.15) is 5.56 Å². The molecular weight excluding hydrogens is 233 g/mol. The van der Waals surface area contributed by atoms with Gasteiger partial charge < -0.3 is 10.4 Å². The summed E-state index contributed by atoms with van der Waals surface area (Å²) in [6.45, 7) is 0.458. The molecule has 3 nitrogen and oxygen atoms in total. The Morgan fingerprint density at radius 3 is 2.50 bits per heavy atom. The van der Waals surface area contributed by atoms with Crippen molar-refractivity contribution in [1.82, 2.24) is 5.32 Å². The lowest BCUT2D eigenvalue weighted by Crippen LogP contribution is -2.09. The summed E-state index contributed by atoms with van der Waals surface area (Å²) in [5.41, 5.74) is 2.32. The average molecular weight is 245 g/mol. The second-order valence-corrected chi connectivity index (χ2v) is 3.86. The maximum absolute atomic E-state index is 12.9. The molecule has 2 N–H and O–H groups in total. The van der Waals surface area contributed by atoms with Gasteiger partial charge in [0.1, 0.15) is 11.6 Å². The van der Waals surface area contributed by atoms with Crippen LogP contribution in [0.2, 0.25) is 0 Å². The Hall–Kier alpha value is -2.36. The molecule has 2 aromatic carbocycles. The van der Waals surface area contributed by atoms with Crippen molar-refractivity contribution in [3.63, 3.8) is 0 Å². The van der Waals surface area contributed by atoms with Crippen LogP contribution in [0.25, 0.3) is 11.1 Å². The Balaban J connectivity index is 2.25. The standard InChI is InChI=1S/C14H12FNO2/c15-12-5-6-13(14(18)7-12)11-3-1-10(2-4-11)8-16-9-17/h1-7,9,18H,8H2,(H,16,17). The van der Waals surface area contributed by atoms with Gasteiger partial charge in [-0.2, -0.15) is 0 Å². The Kier molecular flexibility index (Phi) is 3.57. The largest absolute Gasteiger partial charge is 0.507 e. The quantitative estimate of drug-likeness (QED) is 0.813. The van der Waals surface area contributed by atoms with Gasteiger partial charge >= 0.3 is 0 Å². The van der Waals surface area contributed by atoms with Gasteiger partial charge in [0.2, 0.25) is 6.41 Å². The zero-order chi connectivity index (χ0) is 13.0. The van der Waals surface area contributed by atoms with Crippen molar-refractivity contribution in [3.8, 4) is 16.9 Å². The van der Waals surface area contributed by atoms with E-state index in [2.05, 4.69) is 5.32 Å². The molecule has 18 heavy (non-hydrogen) atoms. The second kappa shape index (κ2) is 5.31. The van der Waals surface area contributed by atoms with Gasteiger partial charge in [0.25, 0.3) is 0 Å². The zero-order valence-corrected chi connectivity index (χ0v) is 9.56. The minimum atomic E-state index is -0.469. The third-order valence-corrected chi connectivity index (χ3v) is 2.61. The predicted octanol–water partition coefficient (Wildman–Crippen LogP) is 2.44. The number of rotatable bonds is 4. The van der Waals surface area contributed by atoms with Crippen LogP contribution in [0.4, 0.5) is 4.39 Å². The molecule has 4 heteroatoms. The first-order valence-corrected chi connectivity index (χ1v) is 5.45. The number of aromatic hydroxyl groups is 1. The van der Waals surface area contributed by atoms with Crippen LogP contribution in [0, 0.1) is 5.82 Å². The second-order valence-electron chi connectivity index (χ2n) is 3.86. The number of carbonyl (C=O) groups is 1. The van der Waals surface area contributed by atoms with Crippen LogP contribution < -0.4 is 5.32 Å². The first-order valence-electron chi connectivity index (χ1n) is 5.45. The highest BCUT2D eigenvalue weighted by Crippen LogP contribution is 2.29. The van der Waals surface area contributed by atoms with Gasteiger partial charge in [0.15, 0.2) is 0 Å². The monoisotopic (exact) mass is 245 g/mol. The summed E-state index contributed by atoms with van der Waals surface area (Å²) < 4.78 is 12.9. The smallest absolute Gasteiger partial charge is 0.207 e. The van der Waals surface area contributed by atoms with Crippen LogP contribution in [0.3, 0.4) is 0 Å². The van der Waals surface area contributed by atoms with E-state index in [-0.39, 0.29) is 5.75 Å². The summed E-state index contributed by atoms with van der Waals surface area (Å²) in [7, 11) is 0. The molecule has 0 bridgehead atoms. The normalized spacial score (nSPS) is 10.1. The number of halogens is 1. The maximum atomic E-state index is 12.9. The molecule has 1 amide bonds. The number of hydrogen-bond acceptors (Lipinski definition) is 2. The number of benzene rings is 2. The van der Waals surface area contributed by atoms with Crippen molar-refractivity contribution in [2.24, 2.45) is 0 Å². The van der Waals surface area contributed by atoms with E-state index in [1.165, 1.54) is 12.1 Å².